The SMILES string of the molecule is COc1ccc(CNCCCNS(C)(=O)=O)cc1Br. The topological polar surface area (TPSA) is 67.4 Å². The summed E-state index contributed by atoms with van der Waals surface area (Å²) in [5, 5.41) is 3.26. The average Bonchev–Trinajstić information content (AvgIpc) is 2.32. The van der Waals surface area contributed by atoms with Crippen LogP contribution < -0.4 is 14.8 Å². The standard InChI is InChI=1S/C12H19BrN2O3S/c1-18-12-5-4-10(8-11(12)13)9-14-6-3-7-15-19(2,16)17/h4-5,8,14-15H,3,6-7,9H2,1-2H3. The highest BCUT2D eigenvalue weighted by atomic mass is 79.9. The van der Waals surface area contributed by atoms with Gasteiger partial charge in [-0.05, 0) is 46.6 Å². The molecule has 0 saturated carbocycles. The maximum Gasteiger partial charge on any atom is 0.208 e. The number of methoxy groups -OCH3 is 1. The molecule has 0 fully saturated rings. The molecule has 0 aliphatic rings. The van der Waals surface area contributed by atoms with Crippen molar-refractivity contribution in [1.82, 2.24) is 10.0 Å². The lowest BCUT2D eigenvalue weighted by atomic mass is 10.2. The van der Waals surface area contributed by atoms with Crippen molar-refractivity contribution in [2.75, 3.05) is 26.5 Å². The Hall–Kier alpha value is -0.630. The molecular weight excluding hydrogens is 332 g/mol. The molecule has 0 unspecified atom stereocenters. The predicted octanol–water partition coefficient (Wildman–Crippen LogP) is 1.49. The molecule has 5 nitrogen and oxygen atoms in total. The van der Waals surface area contributed by atoms with Gasteiger partial charge in [0, 0.05) is 13.1 Å². The van der Waals surface area contributed by atoms with E-state index < -0.39 is 10.0 Å². The number of hydrogen-bond donors (Lipinski definition) is 2. The van der Waals surface area contributed by atoms with Crippen molar-refractivity contribution >= 4 is 26.0 Å². The van der Waals surface area contributed by atoms with E-state index >= 15 is 0 Å². The van der Waals surface area contributed by atoms with E-state index in [0.29, 0.717) is 6.54 Å². The van der Waals surface area contributed by atoms with Gasteiger partial charge in [0.05, 0.1) is 17.8 Å². The molecule has 0 atom stereocenters. The normalized spacial score (nSPS) is 11.5. The van der Waals surface area contributed by atoms with Crippen LogP contribution in [0.4, 0.5) is 0 Å². The number of nitrogens with one attached hydrogen (secondary N) is 2. The van der Waals surface area contributed by atoms with Crippen LogP contribution in [0.1, 0.15) is 12.0 Å². The number of hydrogen-bond acceptors (Lipinski definition) is 4. The number of rotatable bonds is 8. The predicted molar refractivity (Wildman–Crippen MR) is 79.9 cm³/mol. The summed E-state index contributed by atoms with van der Waals surface area (Å²) in [6.45, 7) is 1.95. The summed E-state index contributed by atoms with van der Waals surface area (Å²) >= 11 is 3.43. The maximum absolute atomic E-state index is 10.8. The first-order valence-corrected chi connectivity index (χ1v) is 8.58. The highest BCUT2D eigenvalue weighted by Gasteiger charge is 2.01. The van der Waals surface area contributed by atoms with Gasteiger partial charge in [-0.1, -0.05) is 6.07 Å². The Kier molecular flexibility index (Phi) is 6.78. The summed E-state index contributed by atoms with van der Waals surface area (Å²) in [5.74, 6) is 0.807. The first-order valence-electron chi connectivity index (χ1n) is 5.90. The van der Waals surface area contributed by atoms with Crippen LogP contribution in [0.25, 0.3) is 0 Å². The molecule has 1 aromatic carbocycles. The van der Waals surface area contributed by atoms with Gasteiger partial charge in [0.15, 0.2) is 0 Å². The Morgan fingerprint density at radius 3 is 2.63 bits per heavy atom. The Balaban J connectivity index is 2.24. The smallest absolute Gasteiger partial charge is 0.208 e. The Morgan fingerprint density at radius 2 is 2.05 bits per heavy atom. The molecule has 1 aromatic rings. The molecule has 0 saturated heterocycles. The van der Waals surface area contributed by atoms with Gasteiger partial charge in [-0.25, -0.2) is 13.1 Å². The fourth-order valence-corrected chi connectivity index (χ4v) is 2.63. The van der Waals surface area contributed by atoms with E-state index in [4.69, 9.17) is 4.74 Å². The van der Waals surface area contributed by atoms with Gasteiger partial charge in [-0.15, -0.1) is 0 Å². The van der Waals surface area contributed by atoms with Gasteiger partial charge in [-0.3, -0.25) is 0 Å². The molecule has 0 amide bonds. The largest absolute Gasteiger partial charge is 0.496 e. The third-order valence-corrected chi connectivity index (χ3v) is 3.79. The molecule has 0 aliphatic carbocycles. The first-order chi connectivity index (χ1) is 8.92. The minimum absolute atomic E-state index is 0.456. The van der Waals surface area contributed by atoms with Gasteiger partial charge >= 0.3 is 0 Å². The summed E-state index contributed by atoms with van der Waals surface area (Å²) in [6, 6.07) is 5.90. The lowest BCUT2D eigenvalue weighted by Crippen LogP contribution is -2.26. The van der Waals surface area contributed by atoms with Crippen molar-refractivity contribution in [3.8, 4) is 5.75 Å². The number of halogens is 1. The Labute approximate surface area is 122 Å². The molecular formula is C12H19BrN2O3S. The summed E-state index contributed by atoms with van der Waals surface area (Å²) in [7, 11) is -1.44. The molecule has 7 heteroatoms. The summed E-state index contributed by atoms with van der Waals surface area (Å²) in [5.41, 5.74) is 1.14. The monoisotopic (exact) mass is 350 g/mol. The second-order valence-corrected chi connectivity index (χ2v) is 6.85. The number of sulfonamides is 1. The number of benzene rings is 1. The summed E-state index contributed by atoms with van der Waals surface area (Å²) in [4.78, 5) is 0. The second kappa shape index (κ2) is 7.84. The van der Waals surface area contributed by atoms with E-state index in [0.717, 1.165) is 41.6 Å². The molecule has 0 radical (unpaired) electrons. The third kappa shape index (κ3) is 6.91. The summed E-state index contributed by atoms with van der Waals surface area (Å²) in [6.07, 6.45) is 1.92. The number of ether oxygens (including phenoxy) is 1. The van der Waals surface area contributed by atoms with Gasteiger partial charge in [0.25, 0.3) is 0 Å². The van der Waals surface area contributed by atoms with Crippen molar-refractivity contribution in [3.63, 3.8) is 0 Å². The molecule has 0 bridgehead atoms. The molecule has 1 rings (SSSR count). The Bertz CT molecular complexity index is 506. The minimum Gasteiger partial charge on any atom is -0.496 e. The molecule has 108 valence electrons. The highest BCUT2D eigenvalue weighted by Crippen LogP contribution is 2.25. The zero-order valence-corrected chi connectivity index (χ0v) is 13.5. The first kappa shape index (κ1) is 16.4. The molecule has 0 aromatic heterocycles. The van der Waals surface area contributed by atoms with E-state index in [2.05, 4.69) is 26.0 Å². The lowest BCUT2D eigenvalue weighted by molar-refractivity contribution is 0.412. The second-order valence-electron chi connectivity index (χ2n) is 4.17. The zero-order chi connectivity index (χ0) is 14.3. The van der Waals surface area contributed by atoms with Crippen LogP contribution in [-0.4, -0.2) is 34.9 Å². The molecule has 0 aliphatic heterocycles. The van der Waals surface area contributed by atoms with Crippen LogP contribution in [0.2, 0.25) is 0 Å². The molecule has 0 spiro atoms. The van der Waals surface area contributed by atoms with Crippen LogP contribution in [0.15, 0.2) is 22.7 Å². The fourth-order valence-electron chi connectivity index (χ4n) is 1.52. The minimum atomic E-state index is -3.07. The van der Waals surface area contributed by atoms with Crippen molar-refractivity contribution in [2.45, 2.75) is 13.0 Å². The van der Waals surface area contributed by atoms with Gasteiger partial charge in [-0.2, -0.15) is 0 Å². The van der Waals surface area contributed by atoms with Crippen LogP contribution >= 0.6 is 15.9 Å². The van der Waals surface area contributed by atoms with Crippen molar-refractivity contribution in [3.05, 3.63) is 28.2 Å². The van der Waals surface area contributed by atoms with Crippen molar-refractivity contribution < 1.29 is 13.2 Å². The van der Waals surface area contributed by atoms with E-state index in [9.17, 15) is 8.42 Å². The maximum atomic E-state index is 10.8. The van der Waals surface area contributed by atoms with Gasteiger partial charge in [0.2, 0.25) is 10.0 Å². The fraction of sp³-hybridized carbons (Fsp3) is 0.500. The molecule has 2 N–H and O–H groups in total. The van der Waals surface area contributed by atoms with E-state index in [1.54, 1.807) is 7.11 Å². The summed E-state index contributed by atoms with van der Waals surface area (Å²) < 4.78 is 30.2. The average molecular weight is 351 g/mol. The van der Waals surface area contributed by atoms with Gasteiger partial charge < -0.3 is 10.1 Å². The Morgan fingerprint density at radius 1 is 1.32 bits per heavy atom. The molecule has 0 heterocycles. The van der Waals surface area contributed by atoms with Crippen molar-refractivity contribution in [2.24, 2.45) is 0 Å². The quantitative estimate of drug-likeness (QED) is 0.697. The molecule has 19 heavy (non-hydrogen) atoms. The van der Waals surface area contributed by atoms with Gasteiger partial charge in [0.1, 0.15) is 5.75 Å². The van der Waals surface area contributed by atoms with Crippen LogP contribution in [0.5, 0.6) is 5.75 Å². The third-order valence-electron chi connectivity index (χ3n) is 2.44. The van der Waals surface area contributed by atoms with Crippen molar-refractivity contribution in [1.29, 1.82) is 0 Å². The van der Waals surface area contributed by atoms with E-state index in [1.165, 1.54) is 0 Å². The zero-order valence-electron chi connectivity index (χ0n) is 11.1. The van der Waals surface area contributed by atoms with Crippen LogP contribution in [0, 0.1) is 0 Å². The van der Waals surface area contributed by atoms with Crippen LogP contribution in [-0.2, 0) is 16.6 Å². The lowest BCUT2D eigenvalue weighted by Gasteiger charge is -2.08. The van der Waals surface area contributed by atoms with E-state index in [1.807, 2.05) is 18.2 Å². The van der Waals surface area contributed by atoms with Crippen LogP contribution in [0.3, 0.4) is 0 Å². The highest BCUT2D eigenvalue weighted by molar-refractivity contribution is 9.10. The van der Waals surface area contributed by atoms with E-state index in [-0.39, 0.29) is 0 Å².